The van der Waals surface area contributed by atoms with Crippen LogP contribution in [0.25, 0.3) is 22.6 Å². The molecule has 11 heteroatoms. The molecule has 3 aromatic rings. The van der Waals surface area contributed by atoms with Gasteiger partial charge in [-0.1, -0.05) is 17.3 Å². The van der Waals surface area contributed by atoms with E-state index in [0.29, 0.717) is 36.8 Å². The second-order valence-electron chi connectivity index (χ2n) is 10.1. The molecule has 212 valence electrons. The number of benzene rings is 1. The van der Waals surface area contributed by atoms with Crippen LogP contribution in [-0.4, -0.2) is 102 Å². The largest absolute Gasteiger partial charge is 0.491 e. The van der Waals surface area contributed by atoms with Crippen LogP contribution in [-0.2, 0) is 6.42 Å². The van der Waals surface area contributed by atoms with Gasteiger partial charge >= 0.3 is 0 Å². The molecule has 1 unspecified atom stereocenters. The van der Waals surface area contributed by atoms with Gasteiger partial charge in [0, 0.05) is 56.4 Å². The van der Waals surface area contributed by atoms with E-state index < -0.39 is 12.5 Å². The fourth-order valence-corrected chi connectivity index (χ4v) is 4.94. The van der Waals surface area contributed by atoms with Gasteiger partial charge in [0.1, 0.15) is 24.2 Å². The van der Waals surface area contributed by atoms with Crippen LogP contribution in [0.5, 0.6) is 5.75 Å². The van der Waals surface area contributed by atoms with E-state index in [4.69, 9.17) is 19.2 Å². The minimum absolute atomic E-state index is 0.0703. The van der Waals surface area contributed by atoms with E-state index in [1.54, 1.807) is 7.05 Å². The van der Waals surface area contributed by atoms with Crippen LogP contribution in [0.2, 0.25) is 0 Å². The summed E-state index contributed by atoms with van der Waals surface area (Å²) < 4.78 is 37.0. The average molecular weight is 545 g/mol. The van der Waals surface area contributed by atoms with Crippen molar-refractivity contribution >= 4 is 0 Å². The fourth-order valence-electron chi connectivity index (χ4n) is 4.94. The smallest absolute Gasteiger partial charge is 0.251 e. The molecule has 1 aliphatic heterocycles. The van der Waals surface area contributed by atoms with E-state index >= 15 is 0 Å². The third-order valence-corrected chi connectivity index (χ3v) is 6.95. The van der Waals surface area contributed by atoms with Gasteiger partial charge in [-0.3, -0.25) is 4.90 Å². The highest BCUT2D eigenvalue weighted by atomic mass is 19.3. The maximum atomic E-state index is 12.9. The lowest BCUT2D eigenvalue weighted by Crippen LogP contribution is -2.53. The molecule has 0 aliphatic carbocycles. The lowest BCUT2D eigenvalue weighted by molar-refractivity contribution is 0.0268. The Balaban J connectivity index is 1.55. The summed E-state index contributed by atoms with van der Waals surface area (Å²) in [6.45, 7) is 9.04. The Morgan fingerprint density at radius 2 is 2.03 bits per heavy atom. The number of hydrogen-bond donors (Lipinski definition) is 2. The summed E-state index contributed by atoms with van der Waals surface area (Å²) in [5, 5.41) is 17.0. The average Bonchev–Trinajstić information content (AvgIpc) is 3.25. The van der Waals surface area contributed by atoms with Crippen LogP contribution in [0.3, 0.4) is 0 Å². The zero-order valence-electron chi connectivity index (χ0n) is 23.0. The molecule has 1 aliphatic rings. The van der Waals surface area contributed by atoms with Crippen molar-refractivity contribution in [2.45, 2.75) is 45.8 Å². The van der Waals surface area contributed by atoms with Gasteiger partial charge in [0.2, 0.25) is 0 Å². The molecule has 0 radical (unpaired) electrons. The zero-order chi connectivity index (χ0) is 27.9. The van der Waals surface area contributed by atoms with Crippen molar-refractivity contribution < 1.29 is 23.1 Å². The molecule has 2 atom stereocenters. The van der Waals surface area contributed by atoms with Gasteiger partial charge in [-0.25, -0.2) is 18.7 Å². The molecule has 2 aromatic heterocycles. The van der Waals surface area contributed by atoms with E-state index in [1.807, 2.05) is 56.0 Å². The van der Waals surface area contributed by atoms with E-state index in [0.717, 1.165) is 47.8 Å². The highest BCUT2D eigenvalue weighted by molar-refractivity contribution is 5.67. The second-order valence-corrected chi connectivity index (χ2v) is 10.1. The number of rotatable bonds is 12. The van der Waals surface area contributed by atoms with Gasteiger partial charge in [-0.05, 0) is 46.0 Å². The molecule has 0 saturated carbocycles. The van der Waals surface area contributed by atoms with Gasteiger partial charge < -0.3 is 24.6 Å². The van der Waals surface area contributed by atoms with E-state index in [2.05, 4.69) is 15.4 Å². The normalized spacial score (nSPS) is 17.6. The topological polar surface area (TPSA) is 99.8 Å². The Hall–Kier alpha value is -2.99. The van der Waals surface area contributed by atoms with Gasteiger partial charge in [-0.15, -0.1) is 0 Å². The molecule has 1 fully saturated rings. The van der Waals surface area contributed by atoms with Crippen LogP contribution in [0.4, 0.5) is 8.78 Å². The highest BCUT2D eigenvalue weighted by Crippen LogP contribution is 2.29. The highest BCUT2D eigenvalue weighted by Gasteiger charge is 2.26. The van der Waals surface area contributed by atoms with Crippen LogP contribution >= 0.6 is 0 Å². The third-order valence-electron chi connectivity index (χ3n) is 6.95. The molecule has 0 bridgehead atoms. The van der Waals surface area contributed by atoms with Crippen molar-refractivity contribution in [2.75, 3.05) is 52.9 Å². The number of aliphatic hydroxyl groups excluding tert-OH is 1. The maximum absolute atomic E-state index is 12.9. The van der Waals surface area contributed by atoms with E-state index in [-0.39, 0.29) is 19.2 Å². The monoisotopic (exact) mass is 544 g/mol. The van der Waals surface area contributed by atoms with E-state index in [9.17, 15) is 13.9 Å². The first-order chi connectivity index (χ1) is 18.7. The number of hydrogen-bond acceptors (Lipinski definition) is 9. The number of nitrogens with one attached hydrogen (secondary N) is 1. The van der Waals surface area contributed by atoms with Crippen molar-refractivity contribution in [3.63, 3.8) is 0 Å². The first-order valence-electron chi connectivity index (χ1n) is 13.3. The van der Waals surface area contributed by atoms with Crippen LogP contribution in [0.15, 0.2) is 34.9 Å². The number of ether oxygens (including phenoxy) is 1. The van der Waals surface area contributed by atoms with Gasteiger partial charge in [0.05, 0.1) is 23.5 Å². The number of halogens is 2. The quantitative estimate of drug-likeness (QED) is 0.356. The second kappa shape index (κ2) is 13.4. The number of likely N-dealkylation sites (N-methyl/N-ethyl adjacent to an activating group) is 1. The fraction of sp³-hybridized carbons (Fsp3) is 0.536. The van der Waals surface area contributed by atoms with Crippen molar-refractivity contribution in [1.82, 2.24) is 30.2 Å². The Kier molecular flexibility index (Phi) is 9.95. The lowest BCUT2D eigenvalue weighted by atomic mass is 10.1. The molecule has 2 N–H and O–H groups in total. The molecule has 1 aromatic carbocycles. The number of nitrogens with zero attached hydrogens (tertiary/aromatic N) is 5. The first-order valence-corrected chi connectivity index (χ1v) is 13.3. The molecule has 39 heavy (non-hydrogen) atoms. The molecular weight excluding hydrogens is 506 g/mol. The van der Waals surface area contributed by atoms with Gasteiger partial charge in [0.25, 0.3) is 6.43 Å². The van der Waals surface area contributed by atoms with Crippen molar-refractivity contribution in [2.24, 2.45) is 0 Å². The maximum Gasteiger partial charge on any atom is 0.251 e. The summed E-state index contributed by atoms with van der Waals surface area (Å²) in [7, 11) is 1.78. The Labute approximate surface area is 228 Å². The molecule has 0 amide bonds. The first kappa shape index (κ1) is 29.0. The Morgan fingerprint density at radius 3 is 2.72 bits per heavy atom. The summed E-state index contributed by atoms with van der Waals surface area (Å²) in [5.41, 5.74) is 3.99. The van der Waals surface area contributed by atoms with Crippen LogP contribution in [0.1, 0.15) is 24.1 Å². The molecule has 1 saturated heterocycles. The lowest BCUT2D eigenvalue weighted by Gasteiger charge is -2.39. The van der Waals surface area contributed by atoms with Crippen molar-refractivity contribution in [3.8, 4) is 28.4 Å². The van der Waals surface area contributed by atoms with Crippen LogP contribution in [0, 0.1) is 13.8 Å². The summed E-state index contributed by atoms with van der Waals surface area (Å²) in [6, 6.07) is 9.55. The molecule has 4 rings (SSSR count). The number of piperazine rings is 1. The molecule has 9 nitrogen and oxygen atoms in total. The van der Waals surface area contributed by atoms with Crippen LogP contribution < -0.4 is 10.1 Å². The third kappa shape index (κ3) is 7.78. The summed E-state index contributed by atoms with van der Waals surface area (Å²) in [6.07, 6.45) is -2.26. The standard InChI is InChI=1S/C28H38F2N6O3/c1-18-15-35(10-11-36(18)16-26(29)30)9-8-22-13-25(27-19(2)34-39-20(27)3)33-28(32-22)21-6-5-7-24(12-21)38-17-23(37)14-31-4/h5-7,12-13,18,23,26,31,37H,8-11,14-17H2,1-4H3/t18-,23?/m0/s1. The Morgan fingerprint density at radius 1 is 1.21 bits per heavy atom. The van der Waals surface area contributed by atoms with Crippen molar-refractivity contribution in [3.05, 3.63) is 47.5 Å². The Bertz CT molecular complexity index is 1200. The summed E-state index contributed by atoms with van der Waals surface area (Å²) in [4.78, 5) is 13.9. The summed E-state index contributed by atoms with van der Waals surface area (Å²) in [5.74, 6) is 1.85. The molecule has 0 spiro atoms. The number of aryl methyl sites for hydroxylation is 2. The van der Waals surface area contributed by atoms with Gasteiger partial charge in [-0.2, -0.15) is 0 Å². The minimum Gasteiger partial charge on any atom is -0.491 e. The summed E-state index contributed by atoms with van der Waals surface area (Å²) >= 11 is 0. The number of alkyl halides is 2. The predicted molar refractivity (Wildman–Crippen MR) is 145 cm³/mol. The van der Waals surface area contributed by atoms with Gasteiger partial charge in [0.15, 0.2) is 5.82 Å². The zero-order valence-corrected chi connectivity index (χ0v) is 23.0. The molecule has 3 heterocycles. The van der Waals surface area contributed by atoms with E-state index in [1.165, 1.54) is 0 Å². The number of aromatic nitrogens is 3. The SMILES string of the molecule is CNCC(O)COc1cccc(-c2nc(CCN3CCN(CC(F)F)[C@@H](C)C3)cc(-c3c(C)noc3C)n2)c1. The molecular formula is C28H38F2N6O3. The predicted octanol–water partition coefficient (Wildman–Crippen LogP) is 3.19. The van der Waals surface area contributed by atoms with Crippen molar-refractivity contribution in [1.29, 1.82) is 0 Å². The number of aliphatic hydroxyl groups is 1. The minimum atomic E-state index is -2.32.